The van der Waals surface area contributed by atoms with Crippen LogP contribution in [0.3, 0.4) is 0 Å². The van der Waals surface area contributed by atoms with Gasteiger partial charge in [-0.2, -0.15) is 0 Å². The molecule has 0 saturated heterocycles. The topological polar surface area (TPSA) is 35.2 Å². The highest BCUT2D eigenvalue weighted by Gasteiger charge is 2.07. The van der Waals surface area contributed by atoms with E-state index in [0.29, 0.717) is 6.61 Å². The molecule has 0 amide bonds. The largest absolute Gasteiger partial charge is 0.494 e. The second-order valence-electron chi connectivity index (χ2n) is 4.37. The lowest BCUT2D eigenvalue weighted by Gasteiger charge is -2.12. The molecule has 0 saturated carbocycles. The Bertz CT molecular complexity index is 527. The maximum Gasteiger partial charge on any atom is 0.119 e. The van der Waals surface area contributed by atoms with Gasteiger partial charge in [-0.25, -0.2) is 0 Å². The molecule has 20 heavy (non-hydrogen) atoms. The Labute approximate surface area is 132 Å². The van der Waals surface area contributed by atoms with E-state index >= 15 is 0 Å². The molecule has 2 N–H and O–H groups in total. The van der Waals surface area contributed by atoms with Crippen molar-refractivity contribution in [1.82, 2.24) is 0 Å². The number of hydrogen-bond donors (Lipinski definition) is 1. The summed E-state index contributed by atoms with van der Waals surface area (Å²) < 4.78 is 6.53. The average molecular weight is 352 g/mol. The van der Waals surface area contributed by atoms with Gasteiger partial charge in [0.15, 0.2) is 0 Å². The molecule has 0 fully saturated rings. The summed E-state index contributed by atoms with van der Waals surface area (Å²) in [4.78, 5) is 1.23. The lowest BCUT2D eigenvalue weighted by Crippen LogP contribution is -2.12. The minimum Gasteiger partial charge on any atom is -0.494 e. The van der Waals surface area contributed by atoms with Crippen LogP contribution in [0.2, 0.25) is 0 Å². The zero-order chi connectivity index (χ0) is 14.4. The summed E-state index contributed by atoms with van der Waals surface area (Å²) in [6.07, 6.45) is 0. The molecule has 0 spiro atoms. The van der Waals surface area contributed by atoms with Crippen molar-refractivity contribution in [2.45, 2.75) is 17.9 Å². The van der Waals surface area contributed by atoms with Gasteiger partial charge in [-0.15, -0.1) is 11.8 Å². The van der Waals surface area contributed by atoms with Crippen molar-refractivity contribution in [3.63, 3.8) is 0 Å². The van der Waals surface area contributed by atoms with Gasteiger partial charge in [-0.1, -0.05) is 28.1 Å². The summed E-state index contributed by atoms with van der Waals surface area (Å²) in [5.41, 5.74) is 7.36. The maximum absolute atomic E-state index is 6.23. The Kier molecular flexibility index (Phi) is 5.95. The van der Waals surface area contributed by atoms with E-state index in [1.54, 1.807) is 11.8 Å². The predicted molar refractivity (Wildman–Crippen MR) is 89.4 cm³/mol. The summed E-state index contributed by atoms with van der Waals surface area (Å²) in [5.74, 6) is 1.75. The molecule has 4 heteroatoms. The van der Waals surface area contributed by atoms with Gasteiger partial charge in [0.25, 0.3) is 0 Å². The van der Waals surface area contributed by atoms with Gasteiger partial charge in [-0.3, -0.25) is 0 Å². The number of nitrogens with two attached hydrogens (primary N) is 1. The fourth-order valence-electron chi connectivity index (χ4n) is 1.79. The van der Waals surface area contributed by atoms with Crippen molar-refractivity contribution in [1.29, 1.82) is 0 Å². The first-order chi connectivity index (χ1) is 9.69. The van der Waals surface area contributed by atoms with Gasteiger partial charge in [0.1, 0.15) is 5.75 Å². The van der Waals surface area contributed by atoms with Gasteiger partial charge in [0, 0.05) is 21.2 Å². The highest BCUT2D eigenvalue weighted by molar-refractivity contribution is 9.10. The minimum atomic E-state index is 0.0272. The molecule has 0 aliphatic carbocycles. The second kappa shape index (κ2) is 7.72. The lowest BCUT2D eigenvalue weighted by atomic mass is 10.1. The van der Waals surface area contributed by atoms with Crippen LogP contribution in [0.4, 0.5) is 0 Å². The zero-order valence-electron chi connectivity index (χ0n) is 11.4. The fourth-order valence-corrected chi connectivity index (χ4v) is 2.95. The third-order valence-corrected chi connectivity index (χ3v) is 4.52. The van der Waals surface area contributed by atoms with Crippen LogP contribution < -0.4 is 10.5 Å². The van der Waals surface area contributed by atoms with Gasteiger partial charge >= 0.3 is 0 Å². The van der Waals surface area contributed by atoms with Crippen LogP contribution in [-0.2, 0) is 0 Å². The van der Waals surface area contributed by atoms with Crippen LogP contribution in [0.25, 0.3) is 0 Å². The number of thioether (sulfide) groups is 1. The number of rotatable bonds is 6. The summed E-state index contributed by atoms with van der Waals surface area (Å²) in [6.45, 7) is 2.67. The summed E-state index contributed by atoms with van der Waals surface area (Å²) in [7, 11) is 0. The van der Waals surface area contributed by atoms with Crippen LogP contribution >= 0.6 is 27.7 Å². The van der Waals surface area contributed by atoms with E-state index in [2.05, 4.69) is 28.1 Å². The molecule has 0 aliphatic heterocycles. The standard InChI is InChI=1S/C16H18BrNOS/c1-2-19-14-7-3-12(4-8-14)16(18)11-20-15-9-5-13(17)6-10-15/h3-10,16H,2,11,18H2,1H3. The molecule has 2 aromatic carbocycles. The zero-order valence-corrected chi connectivity index (χ0v) is 13.8. The first-order valence-corrected chi connectivity index (χ1v) is 8.33. The monoisotopic (exact) mass is 351 g/mol. The molecule has 2 nitrogen and oxygen atoms in total. The highest BCUT2D eigenvalue weighted by Crippen LogP contribution is 2.25. The van der Waals surface area contributed by atoms with Gasteiger partial charge in [0.05, 0.1) is 6.61 Å². The average Bonchev–Trinajstić information content (AvgIpc) is 2.47. The molecule has 0 heterocycles. The van der Waals surface area contributed by atoms with Crippen molar-refractivity contribution in [3.8, 4) is 5.75 Å². The van der Waals surface area contributed by atoms with E-state index < -0.39 is 0 Å². The molecule has 2 aromatic rings. The lowest BCUT2D eigenvalue weighted by molar-refractivity contribution is 0.340. The molecular formula is C16H18BrNOS. The fraction of sp³-hybridized carbons (Fsp3) is 0.250. The number of ether oxygens (including phenoxy) is 1. The Hall–Kier alpha value is -0.970. The first-order valence-electron chi connectivity index (χ1n) is 6.55. The molecule has 0 aromatic heterocycles. The van der Waals surface area contributed by atoms with Crippen LogP contribution in [0.15, 0.2) is 57.9 Å². The van der Waals surface area contributed by atoms with Crippen molar-refractivity contribution in [2.75, 3.05) is 12.4 Å². The van der Waals surface area contributed by atoms with E-state index in [-0.39, 0.29) is 6.04 Å². The van der Waals surface area contributed by atoms with Crippen LogP contribution in [0, 0.1) is 0 Å². The molecule has 2 rings (SSSR count). The minimum absolute atomic E-state index is 0.0272. The number of benzene rings is 2. The van der Waals surface area contributed by atoms with E-state index in [1.807, 2.05) is 43.3 Å². The summed E-state index contributed by atoms with van der Waals surface area (Å²) in [5, 5.41) is 0. The van der Waals surface area contributed by atoms with E-state index in [9.17, 15) is 0 Å². The van der Waals surface area contributed by atoms with Crippen molar-refractivity contribution >= 4 is 27.7 Å². The maximum atomic E-state index is 6.23. The van der Waals surface area contributed by atoms with Crippen LogP contribution in [0.1, 0.15) is 18.5 Å². The summed E-state index contributed by atoms with van der Waals surface area (Å²) in [6, 6.07) is 16.3. The first kappa shape index (κ1) is 15.4. The van der Waals surface area contributed by atoms with Crippen molar-refractivity contribution < 1.29 is 4.74 Å². The molecular weight excluding hydrogens is 334 g/mol. The van der Waals surface area contributed by atoms with Crippen LogP contribution in [-0.4, -0.2) is 12.4 Å². The van der Waals surface area contributed by atoms with Gasteiger partial charge in [0.2, 0.25) is 0 Å². The molecule has 106 valence electrons. The predicted octanol–water partition coefficient (Wildman–Crippen LogP) is 4.64. The quantitative estimate of drug-likeness (QED) is 0.770. The SMILES string of the molecule is CCOc1ccc(C(N)CSc2ccc(Br)cc2)cc1. The molecule has 0 aliphatic rings. The van der Waals surface area contributed by atoms with Gasteiger partial charge in [-0.05, 0) is 48.9 Å². The van der Waals surface area contributed by atoms with E-state index in [0.717, 1.165) is 21.5 Å². The Balaban J connectivity index is 1.90. The van der Waals surface area contributed by atoms with E-state index in [1.165, 1.54) is 4.90 Å². The highest BCUT2D eigenvalue weighted by atomic mass is 79.9. The third kappa shape index (κ3) is 4.54. The van der Waals surface area contributed by atoms with Crippen molar-refractivity contribution in [2.24, 2.45) is 5.73 Å². The molecule has 1 atom stereocenters. The number of halogens is 1. The van der Waals surface area contributed by atoms with Crippen molar-refractivity contribution in [3.05, 3.63) is 58.6 Å². The molecule has 1 unspecified atom stereocenters. The second-order valence-corrected chi connectivity index (χ2v) is 6.38. The van der Waals surface area contributed by atoms with Crippen LogP contribution in [0.5, 0.6) is 5.75 Å². The Morgan fingerprint density at radius 2 is 1.75 bits per heavy atom. The number of hydrogen-bond acceptors (Lipinski definition) is 3. The van der Waals surface area contributed by atoms with Gasteiger partial charge < -0.3 is 10.5 Å². The van der Waals surface area contributed by atoms with E-state index in [4.69, 9.17) is 10.5 Å². The Morgan fingerprint density at radius 1 is 1.10 bits per heavy atom. The normalized spacial score (nSPS) is 12.2. The third-order valence-electron chi connectivity index (χ3n) is 2.86. The summed E-state index contributed by atoms with van der Waals surface area (Å²) >= 11 is 5.21. The Morgan fingerprint density at radius 3 is 2.35 bits per heavy atom. The molecule has 0 radical (unpaired) electrons. The molecule has 0 bridgehead atoms. The smallest absolute Gasteiger partial charge is 0.119 e.